The van der Waals surface area contributed by atoms with Crippen LogP contribution in [0.3, 0.4) is 0 Å². The molecule has 0 atom stereocenters. The summed E-state index contributed by atoms with van der Waals surface area (Å²) in [7, 11) is 0. The van der Waals surface area contributed by atoms with E-state index in [1.807, 2.05) is 0 Å². The Balaban J connectivity index is 2.23. The lowest BCUT2D eigenvalue weighted by atomic mass is 10.1. The van der Waals surface area contributed by atoms with E-state index >= 15 is 0 Å². The minimum absolute atomic E-state index is 0.101. The first-order valence-corrected chi connectivity index (χ1v) is 7.81. The molecule has 0 saturated carbocycles. The molecule has 0 bridgehead atoms. The van der Waals surface area contributed by atoms with Gasteiger partial charge in [0.25, 0.3) is 11.8 Å². The molecule has 124 valence electrons. The molecule has 0 saturated heterocycles. The number of amides is 2. The highest BCUT2D eigenvalue weighted by Crippen LogP contribution is 2.11. The summed E-state index contributed by atoms with van der Waals surface area (Å²) in [6.45, 7) is -0.0764. The van der Waals surface area contributed by atoms with Crippen molar-refractivity contribution < 1.29 is 14.7 Å². The lowest BCUT2D eigenvalue weighted by Crippen LogP contribution is -2.36. The fourth-order valence-corrected chi connectivity index (χ4v) is 2.09. The molecule has 0 aliphatic rings. The monoisotopic (exact) mass is 342 g/mol. The van der Waals surface area contributed by atoms with Gasteiger partial charge in [0.15, 0.2) is 0 Å². The van der Waals surface area contributed by atoms with Crippen molar-refractivity contribution in [2.24, 2.45) is 0 Å². The lowest BCUT2D eigenvalue weighted by molar-refractivity contribution is -0.117. The number of thiol groups is 1. The van der Waals surface area contributed by atoms with Gasteiger partial charge in [-0.3, -0.25) is 9.59 Å². The van der Waals surface area contributed by atoms with Crippen molar-refractivity contribution in [2.75, 3.05) is 13.2 Å². The molecule has 2 aromatic rings. The van der Waals surface area contributed by atoms with Crippen LogP contribution >= 0.6 is 12.6 Å². The molecule has 6 heteroatoms. The van der Waals surface area contributed by atoms with Crippen LogP contribution in [0.15, 0.2) is 65.2 Å². The van der Waals surface area contributed by atoms with Crippen LogP contribution in [0, 0.1) is 0 Å². The lowest BCUT2D eigenvalue weighted by Gasteiger charge is -2.10. The van der Waals surface area contributed by atoms with Crippen molar-refractivity contribution in [1.29, 1.82) is 0 Å². The molecule has 2 amide bonds. The first-order valence-electron chi connectivity index (χ1n) is 7.36. The predicted octanol–water partition coefficient (Wildman–Crippen LogP) is 1.85. The predicted molar refractivity (Wildman–Crippen MR) is 95.7 cm³/mol. The largest absolute Gasteiger partial charge is 0.395 e. The van der Waals surface area contributed by atoms with E-state index < -0.39 is 5.91 Å². The Labute approximate surface area is 145 Å². The molecule has 0 heterocycles. The van der Waals surface area contributed by atoms with Gasteiger partial charge in [0.1, 0.15) is 5.70 Å². The van der Waals surface area contributed by atoms with Crippen LogP contribution in [0.1, 0.15) is 15.9 Å². The number of benzene rings is 2. The molecule has 5 nitrogen and oxygen atoms in total. The molecule has 0 aliphatic heterocycles. The SMILES string of the molecule is O=C(NCCO)/C(=C/c1ccc(S)cc1)NC(=O)c1ccccc1. The molecule has 2 aromatic carbocycles. The summed E-state index contributed by atoms with van der Waals surface area (Å²) in [6.07, 6.45) is 1.57. The van der Waals surface area contributed by atoms with Gasteiger partial charge in [0.05, 0.1) is 6.61 Å². The quantitative estimate of drug-likeness (QED) is 0.478. The molecule has 0 aliphatic carbocycles. The van der Waals surface area contributed by atoms with Gasteiger partial charge in [-0.1, -0.05) is 30.3 Å². The standard InChI is InChI=1S/C18H18N2O3S/c21-11-10-19-18(23)16(12-13-6-8-15(24)9-7-13)20-17(22)14-4-2-1-3-5-14/h1-9,12,21,24H,10-11H2,(H,19,23)(H,20,22)/b16-12-. The Hall–Kier alpha value is -2.57. The second-order valence-corrected chi connectivity index (χ2v) is 5.47. The van der Waals surface area contributed by atoms with Crippen molar-refractivity contribution >= 4 is 30.5 Å². The van der Waals surface area contributed by atoms with E-state index in [1.54, 1.807) is 60.7 Å². The van der Waals surface area contributed by atoms with Crippen LogP contribution in [0.25, 0.3) is 6.08 Å². The molecule has 0 unspecified atom stereocenters. The average Bonchev–Trinajstić information content (AvgIpc) is 2.61. The first kappa shape index (κ1) is 17.8. The molecule has 2 rings (SSSR count). The maximum atomic E-state index is 12.3. The van der Waals surface area contributed by atoms with E-state index in [-0.39, 0.29) is 24.8 Å². The zero-order chi connectivity index (χ0) is 17.4. The highest BCUT2D eigenvalue weighted by atomic mass is 32.1. The van der Waals surface area contributed by atoms with E-state index in [2.05, 4.69) is 23.3 Å². The van der Waals surface area contributed by atoms with Gasteiger partial charge < -0.3 is 15.7 Å². The van der Waals surface area contributed by atoms with Gasteiger partial charge in [-0.25, -0.2) is 0 Å². The smallest absolute Gasteiger partial charge is 0.267 e. The molecule has 0 spiro atoms. The number of carbonyl (C=O) groups excluding carboxylic acids is 2. The summed E-state index contributed by atoms with van der Waals surface area (Å²) >= 11 is 4.21. The van der Waals surface area contributed by atoms with Gasteiger partial charge >= 0.3 is 0 Å². The van der Waals surface area contributed by atoms with E-state index in [0.717, 1.165) is 10.5 Å². The van der Waals surface area contributed by atoms with Gasteiger partial charge in [-0.15, -0.1) is 12.6 Å². The zero-order valence-corrected chi connectivity index (χ0v) is 13.8. The van der Waals surface area contributed by atoms with Crippen LogP contribution in [0.5, 0.6) is 0 Å². The average molecular weight is 342 g/mol. The number of hydrogen-bond acceptors (Lipinski definition) is 4. The van der Waals surface area contributed by atoms with Crippen molar-refractivity contribution in [1.82, 2.24) is 10.6 Å². The van der Waals surface area contributed by atoms with E-state index in [9.17, 15) is 9.59 Å². The van der Waals surface area contributed by atoms with Crippen molar-refractivity contribution in [2.45, 2.75) is 4.90 Å². The number of nitrogens with one attached hydrogen (secondary N) is 2. The fourth-order valence-electron chi connectivity index (χ4n) is 1.94. The Morgan fingerprint density at radius 1 is 1.04 bits per heavy atom. The van der Waals surface area contributed by atoms with E-state index in [1.165, 1.54) is 0 Å². The fraction of sp³-hybridized carbons (Fsp3) is 0.111. The summed E-state index contributed by atoms with van der Waals surface area (Å²) < 4.78 is 0. The molecule has 24 heavy (non-hydrogen) atoms. The topological polar surface area (TPSA) is 78.4 Å². The van der Waals surface area contributed by atoms with Crippen LogP contribution < -0.4 is 10.6 Å². The van der Waals surface area contributed by atoms with Crippen LogP contribution in [-0.2, 0) is 4.79 Å². The van der Waals surface area contributed by atoms with Crippen LogP contribution in [0.4, 0.5) is 0 Å². The first-order chi connectivity index (χ1) is 11.6. The maximum Gasteiger partial charge on any atom is 0.267 e. The third kappa shape index (κ3) is 5.26. The minimum Gasteiger partial charge on any atom is -0.395 e. The van der Waals surface area contributed by atoms with Crippen LogP contribution in [0.2, 0.25) is 0 Å². The van der Waals surface area contributed by atoms with Crippen molar-refractivity contribution in [3.63, 3.8) is 0 Å². The highest BCUT2D eigenvalue weighted by Gasteiger charge is 2.14. The summed E-state index contributed by atoms with van der Waals surface area (Å²) in [5.41, 5.74) is 1.29. The molecule has 0 fully saturated rings. The third-order valence-electron chi connectivity index (χ3n) is 3.13. The molecular weight excluding hydrogens is 324 g/mol. The number of aliphatic hydroxyl groups excluding tert-OH is 1. The number of aliphatic hydroxyl groups is 1. The molecule has 0 radical (unpaired) electrons. The maximum absolute atomic E-state index is 12.3. The van der Waals surface area contributed by atoms with E-state index in [0.29, 0.717) is 5.56 Å². The third-order valence-corrected chi connectivity index (χ3v) is 3.43. The van der Waals surface area contributed by atoms with E-state index in [4.69, 9.17) is 5.11 Å². The zero-order valence-electron chi connectivity index (χ0n) is 12.9. The van der Waals surface area contributed by atoms with Crippen LogP contribution in [-0.4, -0.2) is 30.1 Å². The summed E-state index contributed by atoms with van der Waals surface area (Å²) in [5.74, 6) is -0.852. The molecular formula is C18H18N2O3S. The second-order valence-electron chi connectivity index (χ2n) is 4.95. The normalized spacial score (nSPS) is 11.0. The summed E-state index contributed by atoms with van der Waals surface area (Å²) in [6, 6.07) is 15.8. The molecule has 3 N–H and O–H groups in total. The second kappa shape index (κ2) is 8.90. The summed E-state index contributed by atoms with van der Waals surface area (Å²) in [4.78, 5) is 25.3. The Morgan fingerprint density at radius 2 is 1.71 bits per heavy atom. The Kier molecular flexibility index (Phi) is 6.60. The van der Waals surface area contributed by atoms with Gasteiger partial charge in [-0.05, 0) is 35.9 Å². The number of rotatable bonds is 6. The van der Waals surface area contributed by atoms with Gasteiger partial charge in [0.2, 0.25) is 0 Å². The Morgan fingerprint density at radius 3 is 2.33 bits per heavy atom. The Bertz CT molecular complexity index is 728. The minimum atomic E-state index is -0.469. The summed E-state index contributed by atoms with van der Waals surface area (Å²) in [5, 5.41) is 14.0. The van der Waals surface area contributed by atoms with Crippen molar-refractivity contribution in [3.05, 3.63) is 71.4 Å². The molecule has 0 aromatic heterocycles. The van der Waals surface area contributed by atoms with Gasteiger partial charge in [-0.2, -0.15) is 0 Å². The van der Waals surface area contributed by atoms with Gasteiger partial charge in [0, 0.05) is 17.0 Å². The number of hydrogen-bond donors (Lipinski definition) is 4. The van der Waals surface area contributed by atoms with Crippen molar-refractivity contribution in [3.8, 4) is 0 Å². The highest BCUT2D eigenvalue weighted by molar-refractivity contribution is 7.80. The number of carbonyl (C=O) groups is 2.